The van der Waals surface area contributed by atoms with Crippen LogP contribution in [0, 0.1) is 31.6 Å². The molecule has 4 atom stereocenters. The monoisotopic (exact) mass is 482 g/mol. The van der Waals surface area contributed by atoms with Crippen LogP contribution in [0.2, 0.25) is 0 Å². The van der Waals surface area contributed by atoms with Gasteiger partial charge in [0.25, 0.3) is 0 Å². The van der Waals surface area contributed by atoms with Crippen molar-refractivity contribution in [1.29, 1.82) is 0 Å². The average molecular weight is 483 g/mol. The molecular formula is C25H30N4O2S2. The summed E-state index contributed by atoms with van der Waals surface area (Å²) in [5.74, 6) is 3.42. The van der Waals surface area contributed by atoms with Crippen molar-refractivity contribution in [2.75, 3.05) is 5.75 Å². The van der Waals surface area contributed by atoms with Gasteiger partial charge in [-0.25, -0.2) is 0 Å². The summed E-state index contributed by atoms with van der Waals surface area (Å²) in [5.41, 5.74) is 2.63. The maximum atomic E-state index is 13.1. The molecule has 4 unspecified atom stereocenters. The van der Waals surface area contributed by atoms with Crippen LogP contribution in [0.25, 0.3) is 10.7 Å². The molecule has 0 radical (unpaired) electrons. The molecule has 8 heteroatoms. The van der Waals surface area contributed by atoms with Crippen molar-refractivity contribution in [3.05, 3.63) is 40.0 Å². The number of carbonyl (C=O) groups is 2. The fraction of sp³-hybridized carbons (Fsp3) is 0.520. The first-order valence-electron chi connectivity index (χ1n) is 11.7. The predicted molar refractivity (Wildman–Crippen MR) is 132 cm³/mol. The predicted octanol–water partition coefficient (Wildman–Crippen LogP) is 6.13. The molecule has 33 heavy (non-hydrogen) atoms. The Labute approximate surface area is 202 Å². The van der Waals surface area contributed by atoms with Gasteiger partial charge in [-0.15, -0.1) is 21.5 Å². The lowest BCUT2D eigenvalue weighted by molar-refractivity contribution is 0.101. The van der Waals surface area contributed by atoms with E-state index in [-0.39, 0.29) is 17.3 Å². The summed E-state index contributed by atoms with van der Waals surface area (Å²) in [6.45, 7) is 7.52. The van der Waals surface area contributed by atoms with Crippen LogP contribution in [0.5, 0.6) is 0 Å². The van der Waals surface area contributed by atoms with Gasteiger partial charge in [0.05, 0.1) is 16.3 Å². The van der Waals surface area contributed by atoms with Gasteiger partial charge < -0.3 is 4.98 Å². The number of hydrogen-bond donors (Lipinski definition) is 1. The standard InChI is InChI=1S/C25H30N4O2S2/c1-13-22(16(4)30)14(2)26-23(13)20(31)12-33-25-28-27-24(21-6-5-9-32-21)29(25)15(3)19-11-17-7-8-18(19)10-17/h5-6,9,15,17-19,26H,7-8,10-12H2,1-4H3. The minimum absolute atomic E-state index is 0.0204. The molecule has 2 fully saturated rings. The third kappa shape index (κ3) is 4.01. The Morgan fingerprint density at radius 3 is 2.70 bits per heavy atom. The molecule has 0 amide bonds. The van der Waals surface area contributed by atoms with Gasteiger partial charge in [0, 0.05) is 17.3 Å². The van der Waals surface area contributed by atoms with Crippen LogP contribution in [0.3, 0.4) is 0 Å². The van der Waals surface area contributed by atoms with E-state index >= 15 is 0 Å². The van der Waals surface area contributed by atoms with Crippen LogP contribution in [-0.4, -0.2) is 37.1 Å². The van der Waals surface area contributed by atoms with Gasteiger partial charge in [-0.2, -0.15) is 0 Å². The lowest BCUT2D eigenvalue weighted by Gasteiger charge is -2.30. The van der Waals surface area contributed by atoms with E-state index in [9.17, 15) is 9.59 Å². The molecule has 0 saturated heterocycles. The first-order chi connectivity index (χ1) is 15.8. The molecule has 3 aromatic rings. The maximum Gasteiger partial charge on any atom is 0.192 e. The minimum Gasteiger partial charge on any atom is -0.355 e. The number of H-pyrrole nitrogens is 1. The van der Waals surface area contributed by atoms with Crippen molar-refractivity contribution in [2.45, 2.75) is 64.6 Å². The van der Waals surface area contributed by atoms with E-state index in [4.69, 9.17) is 0 Å². The third-order valence-corrected chi connectivity index (χ3v) is 9.44. The van der Waals surface area contributed by atoms with E-state index < -0.39 is 0 Å². The normalized spacial score (nSPS) is 22.7. The van der Waals surface area contributed by atoms with Gasteiger partial charge in [0.15, 0.2) is 22.5 Å². The lowest BCUT2D eigenvalue weighted by Crippen LogP contribution is -2.23. The van der Waals surface area contributed by atoms with Crippen molar-refractivity contribution in [3.63, 3.8) is 0 Å². The molecule has 3 heterocycles. The van der Waals surface area contributed by atoms with Gasteiger partial charge in [0.1, 0.15) is 0 Å². The van der Waals surface area contributed by atoms with E-state index in [0.717, 1.165) is 39.0 Å². The van der Waals surface area contributed by atoms with Gasteiger partial charge in [-0.05, 0) is 81.7 Å². The second kappa shape index (κ2) is 8.87. The van der Waals surface area contributed by atoms with Crippen LogP contribution in [-0.2, 0) is 0 Å². The number of rotatable bonds is 8. The molecule has 2 saturated carbocycles. The number of thioether (sulfide) groups is 1. The first-order valence-corrected chi connectivity index (χ1v) is 13.6. The Balaban J connectivity index is 1.41. The largest absolute Gasteiger partial charge is 0.355 e. The number of nitrogens with one attached hydrogen (secondary N) is 1. The van der Waals surface area contributed by atoms with Crippen molar-refractivity contribution >= 4 is 34.7 Å². The van der Waals surface area contributed by atoms with Gasteiger partial charge in [-0.3, -0.25) is 14.2 Å². The number of aromatic amines is 1. The number of hydrogen-bond acceptors (Lipinski definition) is 6. The van der Waals surface area contributed by atoms with E-state index in [1.165, 1.54) is 44.4 Å². The van der Waals surface area contributed by atoms with Gasteiger partial charge in [-0.1, -0.05) is 24.2 Å². The number of ketones is 2. The van der Waals surface area contributed by atoms with Gasteiger partial charge >= 0.3 is 0 Å². The molecule has 5 rings (SSSR count). The zero-order valence-electron chi connectivity index (χ0n) is 19.6. The molecule has 1 N–H and O–H groups in total. The Morgan fingerprint density at radius 2 is 2.09 bits per heavy atom. The zero-order valence-corrected chi connectivity index (χ0v) is 21.2. The molecule has 6 nitrogen and oxygen atoms in total. The highest BCUT2D eigenvalue weighted by Crippen LogP contribution is 2.53. The van der Waals surface area contributed by atoms with Crippen molar-refractivity contribution in [1.82, 2.24) is 19.7 Å². The summed E-state index contributed by atoms with van der Waals surface area (Å²) in [7, 11) is 0. The van der Waals surface area contributed by atoms with E-state index in [2.05, 4.69) is 38.1 Å². The highest BCUT2D eigenvalue weighted by Gasteiger charge is 2.43. The summed E-state index contributed by atoms with van der Waals surface area (Å²) in [5, 5.41) is 12.0. The fourth-order valence-corrected chi connectivity index (χ4v) is 7.75. The molecule has 174 valence electrons. The van der Waals surface area contributed by atoms with E-state index in [1.54, 1.807) is 11.3 Å². The summed E-state index contributed by atoms with van der Waals surface area (Å²) in [6, 6.07) is 4.43. The number of fused-ring (bicyclic) bond motifs is 2. The number of thiophene rings is 1. The van der Waals surface area contributed by atoms with Gasteiger partial charge in [0.2, 0.25) is 0 Å². The summed E-state index contributed by atoms with van der Waals surface area (Å²) in [4.78, 5) is 29.3. The summed E-state index contributed by atoms with van der Waals surface area (Å²) >= 11 is 3.12. The number of nitrogens with zero attached hydrogens (tertiary/aromatic N) is 3. The highest BCUT2D eigenvalue weighted by atomic mass is 32.2. The van der Waals surface area contributed by atoms with E-state index in [0.29, 0.717) is 23.2 Å². The quantitative estimate of drug-likeness (QED) is 0.309. The molecule has 0 aromatic carbocycles. The van der Waals surface area contributed by atoms with Crippen LogP contribution >= 0.6 is 23.1 Å². The molecule has 3 aromatic heterocycles. The minimum atomic E-state index is -0.0205. The van der Waals surface area contributed by atoms with Crippen LogP contribution in [0.4, 0.5) is 0 Å². The topological polar surface area (TPSA) is 80.6 Å². The maximum absolute atomic E-state index is 13.1. The Morgan fingerprint density at radius 1 is 1.27 bits per heavy atom. The van der Waals surface area contributed by atoms with Crippen LogP contribution < -0.4 is 0 Å². The number of aromatic nitrogens is 4. The molecule has 0 aliphatic heterocycles. The second-order valence-electron chi connectivity index (χ2n) is 9.63. The van der Waals surface area contributed by atoms with Crippen molar-refractivity contribution in [2.24, 2.45) is 17.8 Å². The highest BCUT2D eigenvalue weighted by molar-refractivity contribution is 7.99. The van der Waals surface area contributed by atoms with E-state index in [1.807, 2.05) is 19.9 Å². The Kier molecular flexibility index (Phi) is 6.07. The molecule has 2 aliphatic rings. The fourth-order valence-electron chi connectivity index (χ4n) is 6.15. The number of carbonyl (C=O) groups excluding carboxylic acids is 2. The first kappa shape index (κ1) is 22.6. The Hall–Kier alpha value is -2.19. The van der Waals surface area contributed by atoms with Crippen molar-refractivity contribution in [3.8, 4) is 10.7 Å². The lowest BCUT2D eigenvalue weighted by atomic mass is 9.84. The number of Topliss-reactive ketones (excluding diaryl/α,β-unsaturated/α-hetero) is 2. The van der Waals surface area contributed by atoms with Crippen LogP contribution in [0.15, 0.2) is 22.7 Å². The van der Waals surface area contributed by atoms with Crippen molar-refractivity contribution < 1.29 is 9.59 Å². The third-order valence-electron chi connectivity index (χ3n) is 7.63. The molecular weight excluding hydrogens is 452 g/mol. The SMILES string of the molecule is CC(=O)c1c(C)[nH]c(C(=O)CSc2nnc(-c3cccs3)n2C(C)C2CC3CCC2C3)c1C. The zero-order chi connectivity index (χ0) is 23.3. The average Bonchev–Trinajstić information content (AvgIpc) is 3.59. The molecule has 0 spiro atoms. The molecule has 2 aliphatic carbocycles. The molecule has 2 bridgehead atoms. The second-order valence-corrected chi connectivity index (χ2v) is 11.5. The summed E-state index contributed by atoms with van der Waals surface area (Å²) < 4.78 is 2.28. The van der Waals surface area contributed by atoms with Crippen LogP contribution in [0.1, 0.15) is 77.7 Å². The summed E-state index contributed by atoms with van der Waals surface area (Å²) in [6.07, 6.45) is 5.35. The smallest absolute Gasteiger partial charge is 0.192 e. The number of aryl methyl sites for hydroxylation is 1. The Bertz CT molecular complexity index is 1190.